The first-order valence-corrected chi connectivity index (χ1v) is 8.02. The Morgan fingerprint density at radius 1 is 1.15 bits per heavy atom. The molecule has 0 fully saturated rings. The van der Waals surface area contributed by atoms with E-state index in [4.69, 9.17) is 0 Å². The smallest absolute Gasteiger partial charge is 0.0414 e. The van der Waals surface area contributed by atoms with Crippen LogP contribution >= 0.6 is 0 Å². The topological polar surface area (TPSA) is 15.3 Å². The van der Waals surface area contributed by atoms with Gasteiger partial charge in [-0.25, -0.2) is 0 Å². The molecular formula is C18H32N2. The molecular weight excluding hydrogens is 244 g/mol. The molecule has 0 radical (unpaired) electrons. The quantitative estimate of drug-likeness (QED) is 0.758. The molecule has 0 heterocycles. The highest BCUT2D eigenvalue weighted by atomic mass is 15.2. The van der Waals surface area contributed by atoms with Crippen molar-refractivity contribution in [2.45, 2.75) is 60.5 Å². The van der Waals surface area contributed by atoms with Gasteiger partial charge in [0, 0.05) is 24.8 Å². The summed E-state index contributed by atoms with van der Waals surface area (Å²) in [6.45, 7) is 16.6. The second-order valence-electron chi connectivity index (χ2n) is 6.44. The van der Waals surface area contributed by atoms with Gasteiger partial charge in [0.15, 0.2) is 0 Å². The van der Waals surface area contributed by atoms with Gasteiger partial charge in [-0.05, 0) is 51.3 Å². The average molecular weight is 276 g/mol. The minimum atomic E-state index is 0.543. The SMILES string of the molecule is CCCN(c1ccc(C)cc1CNCC(C)C)C(C)C. The fraction of sp³-hybridized carbons (Fsp3) is 0.667. The van der Waals surface area contributed by atoms with E-state index in [-0.39, 0.29) is 0 Å². The van der Waals surface area contributed by atoms with Crippen molar-refractivity contribution in [3.05, 3.63) is 29.3 Å². The maximum atomic E-state index is 3.58. The van der Waals surface area contributed by atoms with Gasteiger partial charge in [0.1, 0.15) is 0 Å². The minimum absolute atomic E-state index is 0.543. The van der Waals surface area contributed by atoms with E-state index in [0.717, 1.165) is 19.6 Å². The van der Waals surface area contributed by atoms with Crippen LogP contribution in [0.25, 0.3) is 0 Å². The number of nitrogens with one attached hydrogen (secondary N) is 1. The third kappa shape index (κ3) is 5.16. The third-order valence-corrected chi connectivity index (χ3v) is 3.50. The molecule has 0 saturated carbocycles. The fourth-order valence-electron chi connectivity index (χ4n) is 2.53. The Balaban J connectivity index is 2.92. The molecule has 0 aromatic heterocycles. The summed E-state index contributed by atoms with van der Waals surface area (Å²) in [6.07, 6.45) is 1.19. The van der Waals surface area contributed by atoms with E-state index in [0.29, 0.717) is 12.0 Å². The third-order valence-electron chi connectivity index (χ3n) is 3.50. The number of benzene rings is 1. The summed E-state index contributed by atoms with van der Waals surface area (Å²) < 4.78 is 0. The van der Waals surface area contributed by atoms with Gasteiger partial charge in [-0.15, -0.1) is 0 Å². The van der Waals surface area contributed by atoms with Crippen LogP contribution in [0.4, 0.5) is 5.69 Å². The van der Waals surface area contributed by atoms with Gasteiger partial charge in [0.05, 0.1) is 0 Å². The van der Waals surface area contributed by atoms with Gasteiger partial charge >= 0.3 is 0 Å². The van der Waals surface area contributed by atoms with Crippen LogP contribution in [-0.4, -0.2) is 19.1 Å². The zero-order chi connectivity index (χ0) is 15.1. The van der Waals surface area contributed by atoms with Crippen LogP contribution in [0.2, 0.25) is 0 Å². The van der Waals surface area contributed by atoms with Gasteiger partial charge in [-0.3, -0.25) is 0 Å². The first-order valence-electron chi connectivity index (χ1n) is 8.02. The molecule has 2 nitrogen and oxygen atoms in total. The van der Waals surface area contributed by atoms with Crippen molar-refractivity contribution in [1.82, 2.24) is 5.32 Å². The molecule has 0 saturated heterocycles. The molecule has 2 heteroatoms. The van der Waals surface area contributed by atoms with Crippen molar-refractivity contribution in [1.29, 1.82) is 0 Å². The summed E-state index contributed by atoms with van der Waals surface area (Å²) in [4.78, 5) is 2.52. The summed E-state index contributed by atoms with van der Waals surface area (Å²) in [7, 11) is 0. The van der Waals surface area contributed by atoms with E-state index < -0.39 is 0 Å². The first-order chi connectivity index (χ1) is 9.45. The number of hydrogen-bond donors (Lipinski definition) is 1. The molecule has 1 rings (SSSR count). The van der Waals surface area contributed by atoms with Crippen LogP contribution in [0.1, 0.15) is 52.2 Å². The predicted octanol–water partition coefficient (Wildman–Crippen LogP) is 4.37. The van der Waals surface area contributed by atoms with E-state index in [9.17, 15) is 0 Å². The standard InChI is InChI=1S/C18H32N2/c1-7-10-20(15(4)5)18-9-8-16(6)11-17(18)13-19-12-14(2)3/h8-9,11,14-15,19H,7,10,12-13H2,1-6H3. The predicted molar refractivity (Wildman–Crippen MR) is 90.5 cm³/mol. The van der Waals surface area contributed by atoms with E-state index in [1.54, 1.807) is 0 Å². The van der Waals surface area contributed by atoms with Crippen molar-refractivity contribution >= 4 is 5.69 Å². The lowest BCUT2D eigenvalue weighted by Crippen LogP contribution is -2.33. The molecule has 0 bridgehead atoms. The monoisotopic (exact) mass is 276 g/mol. The Morgan fingerprint density at radius 2 is 1.85 bits per heavy atom. The Kier molecular flexibility index (Phi) is 7.08. The molecule has 114 valence electrons. The normalized spacial score (nSPS) is 11.4. The lowest BCUT2D eigenvalue weighted by Gasteiger charge is -2.31. The summed E-state index contributed by atoms with van der Waals surface area (Å²) in [5.74, 6) is 0.695. The maximum Gasteiger partial charge on any atom is 0.0414 e. The molecule has 1 aromatic rings. The van der Waals surface area contributed by atoms with Gasteiger partial charge < -0.3 is 10.2 Å². The van der Waals surface area contributed by atoms with Crippen LogP contribution in [-0.2, 0) is 6.54 Å². The Hall–Kier alpha value is -1.02. The first kappa shape index (κ1) is 17.0. The van der Waals surface area contributed by atoms with Crippen molar-refractivity contribution in [3.8, 4) is 0 Å². The van der Waals surface area contributed by atoms with Crippen molar-refractivity contribution in [2.75, 3.05) is 18.0 Å². The van der Waals surface area contributed by atoms with Gasteiger partial charge in [0.25, 0.3) is 0 Å². The maximum absolute atomic E-state index is 3.58. The molecule has 0 aliphatic rings. The zero-order valence-electron chi connectivity index (χ0n) is 14.2. The lowest BCUT2D eigenvalue weighted by molar-refractivity contribution is 0.551. The summed E-state index contributed by atoms with van der Waals surface area (Å²) in [5, 5.41) is 3.58. The van der Waals surface area contributed by atoms with Crippen molar-refractivity contribution in [3.63, 3.8) is 0 Å². The number of anilines is 1. The average Bonchev–Trinajstić information content (AvgIpc) is 2.36. The molecule has 0 unspecified atom stereocenters. The van der Waals surface area contributed by atoms with Gasteiger partial charge in [-0.1, -0.05) is 38.5 Å². The van der Waals surface area contributed by atoms with Crippen molar-refractivity contribution in [2.24, 2.45) is 5.92 Å². The summed E-state index contributed by atoms with van der Waals surface area (Å²) in [6, 6.07) is 7.39. The molecule has 0 spiro atoms. The minimum Gasteiger partial charge on any atom is -0.369 e. The molecule has 0 aliphatic heterocycles. The Bertz CT molecular complexity index is 396. The Labute approximate surface area is 125 Å². The Morgan fingerprint density at radius 3 is 2.40 bits per heavy atom. The lowest BCUT2D eigenvalue weighted by atomic mass is 10.1. The molecule has 0 amide bonds. The zero-order valence-corrected chi connectivity index (χ0v) is 14.2. The van der Waals surface area contributed by atoms with E-state index in [1.807, 2.05) is 0 Å². The van der Waals surface area contributed by atoms with E-state index in [1.165, 1.54) is 23.2 Å². The van der Waals surface area contributed by atoms with Crippen LogP contribution in [0, 0.1) is 12.8 Å². The second-order valence-corrected chi connectivity index (χ2v) is 6.44. The second kappa shape index (κ2) is 8.31. The molecule has 0 atom stereocenters. The summed E-state index contributed by atoms with van der Waals surface area (Å²) >= 11 is 0. The van der Waals surface area contributed by atoms with Crippen LogP contribution in [0.15, 0.2) is 18.2 Å². The molecule has 0 aliphatic carbocycles. The number of nitrogens with zero attached hydrogens (tertiary/aromatic N) is 1. The number of aryl methyl sites for hydroxylation is 1. The van der Waals surface area contributed by atoms with Gasteiger partial charge in [-0.2, -0.15) is 0 Å². The van der Waals surface area contributed by atoms with E-state index >= 15 is 0 Å². The number of hydrogen-bond acceptors (Lipinski definition) is 2. The van der Waals surface area contributed by atoms with Crippen LogP contribution < -0.4 is 10.2 Å². The molecule has 1 aromatic carbocycles. The summed E-state index contributed by atoms with van der Waals surface area (Å²) in [5.41, 5.74) is 4.16. The fourth-order valence-corrected chi connectivity index (χ4v) is 2.53. The van der Waals surface area contributed by atoms with Crippen LogP contribution in [0.3, 0.4) is 0 Å². The highest BCUT2D eigenvalue weighted by Gasteiger charge is 2.13. The molecule has 20 heavy (non-hydrogen) atoms. The number of rotatable bonds is 8. The van der Waals surface area contributed by atoms with Gasteiger partial charge in [0.2, 0.25) is 0 Å². The van der Waals surface area contributed by atoms with Crippen LogP contribution in [0.5, 0.6) is 0 Å². The molecule has 1 N–H and O–H groups in total. The van der Waals surface area contributed by atoms with E-state index in [2.05, 4.69) is 70.0 Å². The largest absolute Gasteiger partial charge is 0.369 e. The highest BCUT2D eigenvalue weighted by Crippen LogP contribution is 2.24. The van der Waals surface area contributed by atoms with Crippen molar-refractivity contribution < 1.29 is 0 Å². The highest BCUT2D eigenvalue weighted by molar-refractivity contribution is 5.55.